The minimum absolute atomic E-state index is 0.211. The number of rotatable bonds is 7. The number of nitrogens with zero attached hydrogens (tertiary/aromatic N) is 3. The first-order valence-corrected chi connectivity index (χ1v) is 8.37. The molecule has 0 saturated carbocycles. The van der Waals surface area contributed by atoms with Crippen LogP contribution in [0.1, 0.15) is 24.3 Å². The molecule has 7 nitrogen and oxygen atoms in total. The van der Waals surface area contributed by atoms with Crippen LogP contribution in [0.5, 0.6) is 0 Å². The average molecular weight is 321 g/mol. The Balaban J connectivity index is 3.18. The van der Waals surface area contributed by atoms with Gasteiger partial charge in [-0.25, -0.2) is 18.2 Å². The van der Waals surface area contributed by atoms with Gasteiger partial charge in [-0.3, -0.25) is 0 Å². The van der Waals surface area contributed by atoms with Gasteiger partial charge in [0.1, 0.15) is 0 Å². The van der Waals surface area contributed by atoms with Crippen molar-refractivity contribution in [3.63, 3.8) is 0 Å². The smallest absolute Gasteiger partial charge is 0.356 e. The molecule has 114 valence electrons. The third kappa shape index (κ3) is 3.54. The Morgan fingerprint density at radius 2 is 2.10 bits per heavy atom. The molecule has 20 heavy (non-hydrogen) atoms. The predicted molar refractivity (Wildman–Crippen MR) is 76.7 cm³/mol. The van der Waals surface area contributed by atoms with Gasteiger partial charge in [0, 0.05) is 19.1 Å². The van der Waals surface area contributed by atoms with Crippen LogP contribution in [-0.2, 0) is 10.0 Å². The molecule has 0 spiro atoms. The van der Waals surface area contributed by atoms with Crippen LogP contribution in [0.3, 0.4) is 0 Å². The Kier molecular flexibility index (Phi) is 5.63. The van der Waals surface area contributed by atoms with Crippen LogP contribution >= 0.6 is 11.3 Å². The molecule has 0 aliphatic carbocycles. The van der Waals surface area contributed by atoms with E-state index in [1.807, 2.05) is 19.0 Å². The van der Waals surface area contributed by atoms with Gasteiger partial charge >= 0.3 is 5.97 Å². The summed E-state index contributed by atoms with van der Waals surface area (Å²) >= 11 is 0.830. The van der Waals surface area contributed by atoms with Crippen LogP contribution in [0.2, 0.25) is 0 Å². The van der Waals surface area contributed by atoms with Crippen molar-refractivity contribution in [2.45, 2.75) is 24.1 Å². The second kappa shape index (κ2) is 6.61. The molecule has 9 heteroatoms. The van der Waals surface area contributed by atoms with Crippen molar-refractivity contribution in [2.75, 3.05) is 27.2 Å². The average Bonchev–Trinajstić information content (AvgIpc) is 2.77. The number of carboxylic acids is 1. The monoisotopic (exact) mass is 321 g/mol. The van der Waals surface area contributed by atoms with Crippen LogP contribution < -0.4 is 0 Å². The Bertz CT molecular complexity index is 568. The number of aromatic carboxylic acids is 1. The molecular weight excluding hydrogens is 302 g/mol. The lowest BCUT2D eigenvalue weighted by Gasteiger charge is -2.28. The van der Waals surface area contributed by atoms with Gasteiger partial charge in [0.25, 0.3) is 10.0 Å². The maximum Gasteiger partial charge on any atom is 0.356 e. The summed E-state index contributed by atoms with van der Waals surface area (Å²) in [6, 6.07) is -0.260. The van der Waals surface area contributed by atoms with Crippen LogP contribution in [0.25, 0.3) is 0 Å². The number of carbonyl (C=O) groups is 1. The van der Waals surface area contributed by atoms with E-state index in [2.05, 4.69) is 4.98 Å². The Morgan fingerprint density at radius 1 is 1.50 bits per heavy atom. The van der Waals surface area contributed by atoms with Gasteiger partial charge in [-0.05, 0) is 21.0 Å². The lowest BCUT2D eigenvalue weighted by molar-refractivity contribution is 0.0687. The van der Waals surface area contributed by atoms with Gasteiger partial charge in [-0.1, -0.05) is 6.92 Å². The van der Waals surface area contributed by atoms with E-state index in [0.717, 1.165) is 11.3 Å². The van der Waals surface area contributed by atoms with E-state index in [4.69, 9.17) is 5.11 Å². The zero-order valence-corrected chi connectivity index (χ0v) is 13.5. The molecule has 1 N–H and O–H groups in total. The first-order chi connectivity index (χ1) is 9.21. The third-order valence-electron chi connectivity index (χ3n) is 2.71. The normalized spacial score (nSPS) is 13.9. The van der Waals surface area contributed by atoms with Crippen LogP contribution in [0, 0.1) is 0 Å². The van der Waals surface area contributed by atoms with Gasteiger partial charge in [-0.15, -0.1) is 11.3 Å². The summed E-state index contributed by atoms with van der Waals surface area (Å²) in [6.07, 6.45) is 0. The van der Waals surface area contributed by atoms with Crippen molar-refractivity contribution in [2.24, 2.45) is 0 Å². The second-order valence-corrected chi connectivity index (χ2v) is 7.55. The van der Waals surface area contributed by atoms with E-state index in [-0.39, 0.29) is 16.8 Å². The van der Waals surface area contributed by atoms with Crippen molar-refractivity contribution in [1.82, 2.24) is 14.2 Å². The molecule has 0 radical (unpaired) electrons. The summed E-state index contributed by atoms with van der Waals surface area (Å²) in [5, 5.41) is 9.01. The molecule has 0 amide bonds. The first-order valence-electron chi connectivity index (χ1n) is 6.05. The summed E-state index contributed by atoms with van der Waals surface area (Å²) < 4.78 is 26.3. The lowest BCUT2D eigenvalue weighted by atomic mass is 10.3. The summed E-state index contributed by atoms with van der Waals surface area (Å²) in [7, 11) is -0.139. The Labute approximate surface area is 122 Å². The largest absolute Gasteiger partial charge is 0.476 e. The topological polar surface area (TPSA) is 90.8 Å². The zero-order valence-electron chi connectivity index (χ0n) is 11.9. The Morgan fingerprint density at radius 3 is 2.55 bits per heavy atom. The SMILES string of the molecule is CCN(C(C)CN(C)C)S(=O)(=O)c1scnc1C(=O)O. The molecule has 0 bridgehead atoms. The molecule has 1 atom stereocenters. The van der Waals surface area contributed by atoms with Crippen LogP contribution in [0.4, 0.5) is 0 Å². The summed E-state index contributed by atoms with van der Waals surface area (Å²) in [5.74, 6) is -1.33. The van der Waals surface area contributed by atoms with Crippen molar-refractivity contribution >= 4 is 27.3 Å². The number of hydrogen-bond acceptors (Lipinski definition) is 6. The quantitative estimate of drug-likeness (QED) is 0.799. The lowest BCUT2D eigenvalue weighted by Crippen LogP contribution is -2.43. The van der Waals surface area contributed by atoms with E-state index in [9.17, 15) is 13.2 Å². The molecule has 0 aromatic carbocycles. The van der Waals surface area contributed by atoms with E-state index in [1.54, 1.807) is 13.8 Å². The zero-order chi connectivity index (χ0) is 15.5. The molecular formula is C11H19N3O4S2. The molecule has 0 saturated heterocycles. The third-order valence-corrected chi connectivity index (χ3v) is 6.15. The highest BCUT2D eigenvalue weighted by Gasteiger charge is 2.33. The minimum Gasteiger partial charge on any atom is -0.476 e. The molecule has 1 unspecified atom stereocenters. The second-order valence-electron chi connectivity index (χ2n) is 4.61. The maximum absolute atomic E-state index is 12.6. The number of sulfonamides is 1. The van der Waals surface area contributed by atoms with Crippen molar-refractivity contribution in [1.29, 1.82) is 0 Å². The van der Waals surface area contributed by atoms with Gasteiger partial charge < -0.3 is 10.0 Å². The first kappa shape index (κ1) is 17.0. The highest BCUT2D eigenvalue weighted by Crippen LogP contribution is 2.25. The van der Waals surface area contributed by atoms with Crippen LogP contribution in [-0.4, -0.2) is 66.9 Å². The molecule has 0 fully saturated rings. The molecule has 1 aromatic heterocycles. The van der Waals surface area contributed by atoms with Crippen molar-refractivity contribution in [3.05, 3.63) is 11.2 Å². The summed E-state index contributed by atoms with van der Waals surface area (Å²) in [6.45, 7) is 4.34. The van der Waals surface area contributed by atoms with E-state index >= 15 is 0 Å². The number of aromatic nitrogens is 1. The molecule has 0 aliphatic heterocycles. The summed E-state index contributed by atoms with van der Waals surface area (Å²) in [5.41, 5.74) is 0.825. The van der Waals surface area contributed by atoms with Crippen LogP contribution in [0.15, 0.2) is 9.72 Å². The van der Waals surface area contributed by atoms with Gasteiger partial charge in [0.05, 0.1) is 5.51 Å². The van der Waals surface area contributed by atoms with Gasteiger partial charge in [-0.2, -0.15) is 4.31 Å². The molecule has 1 aromatic rings. The van der Waals surface area contributed by atoms with Gasteiger partial charge in [0.2, 0.25) is 0 Å². The van der Waals surface area contributed by atoms with E-state index in [1.165, 1.54) is 9.82 Å². The molecule has 0 aliphatic rings. The molecule has 1 heterocycles. The van der Waals surface area contributed by atoms with Crippen molar-refractivity contribution in [3.8, 4) is 0 Å². The maximum atomic E-state index is 12.6. The van der Waals surface area contributed by atoms with Gasteiger partial charge in [0.15, 0.2) is 9.90 Å². The highest BCUT2D eigenvalue weighted by molar-refractivity contribution is 7.91. The predicted octanol–water partition coefficient (Wildman–Crippen LogP) is 0.802. The Hall–Kier alpha value is -1.03. The number of carboxylic acid groups (broad SMARTS) is 1. The summed E-state index contributed by atoms with van der Waals surface area (Å²) in [4.78, 5) is 16.5. The van der Waals surface area contributed by atoms with E-state index in [0.29, 0.717) is 6.54 Å². The number of thiazole rings is 1. The molecule has 1 rings (SSSR count). The minimum atomic E-state index is -3.85. The fourth-order valence-electron chi connectivity index (χ4n) is 2.01. The highest BCUT2D eigenvalue weighted by atomic mass is 32.2. The standard InChI is InChI=1S/C11H19N3O4S2/c1-5-14(8(2)6-13(3)4)20(17,18)11-9(10(15)16)12-7-19-11/h7-8H,5-6H2,1-4H3,(H,15,16). The fraction of sp³-hybridized carbons (Fsp3) is 0.636. The number of likely N-dealkylation sites (N-methyl/N-ethyl adjacent to an activating group) is 2. The fourth-order valence-corrected chi connectivity index (χ4v) is 4.89. The van der Waals surface area contributed by atoms with Crippen molar-refractivity contribution < 1.29 is 18.3 Å². The van der Waals surface area contributed by atoms with E-state index < -0.39 is 21.7 Å². The number of hydrogen-bond donors (Lipinski definition) is 1.